The molecule has 0 aliphatic rings. The lowest BCUT2D eigenvalue weighted by Crippen LogP contribution is -2.20. The Bertz CT molecular complexity index is 173. The minimum atomic E-state index is 0.00431. The van der Waals surface area contributed by atoms with Crippen LogP contribution in [0.1, 0.15) is 12.8 Å². The Morgan fingerprint density at radius 3 is 2.36 bits per heavy atom. The molecule has 0 saturated heterocycles. The molecule has 0 aromatic rings. The average Bonchev–Trinajstić information content (AvgIpc) is 1.97. The summed E-state index contributed by atoms with van der Waals surface area (Å²) in [5.41, 5.74) is 0. The van der Waals surface area contributed by atoms with Gasteiger partial charge in [0.2, 0.25) is 0 Å². The van der Waals surface area contributed by atoms with Crippen molar-refractivity contribution in [3.8, 4) is 12.1 Å². The van der Waals surface area contributed by atoms with Crippen molar-refractivity contribution in [3.05, 3.63) is 0 Å². The molecule has 0 heterocycles. The molecule has 0 aromatic carbocycles. The molecule has 0 aromatic heterocycles. The predicted octanol–water partition coefficient (Wildman–Crippen LogP) is 0.992. The maximum atomic E-state index is 8.62. The first-order valence-electron chi connectivity index (χ1n) is 3.62. The summed E-state index contributed by atoms with van der Waals surface area (Å²) in [5, 5.41) is 16.9. The Hall–Kier alpha value is -1.06. The second-order valence-electron chi connectivity index (χ2n) is 2.79. The number of nitrogens with zero attached hydrogens (tertiary/aromatic N) is 3. The average molecular weight is 151 g/mol. The van der Waals surface area contributed by atoms with Gasteiger partial charge in [-0.1, -0.05) is 0 Å². The Labute approximate surface area is 67.8 Å². The quantitative estimate of drug-likeness (QED) is 0.602. The van der Waals surface area contributed by atoms with Gasteiger partial charge >= 0.3 is 0 Å². The zero-order valence-corrected chi connectivity index (χ0v) is 7.04. The first-order valence-corrected chi connectivity index (χ1v) is 3.62. The molecule has 3 heteroatoms. The molecule has 0 spiro atoms. The van der Waals surface area contributed by atoms with Crippen molar-refractivity contribution in [3.63, 3.8) is 0 Å². The van der Waals surface area contributed by atoms with Gasteiger partial charge in [-0.25, -0.2) is 0 Å². The maximum absolute atomic E-state index is 8.62. The molecule has 0 amide bonds. The van der Waals surface area contributed by atoms with Gasteiger partial charge in [-0.05, 0) is 20.5 Å². The maximum Gasteiger partial charge on any atom is 0.0669 e. The van der Waals surface area contributed by atoms with E-state index in [4.69, 9.17) is 10.5 Å². The van der Waals surface area contributed by atoms with Crippen LogP contribution in [0.15, 0.2) is 0 Å². The Morgan fingerprint density at radius 2 is 2.00 bits per heavy atom. The van der Waals surface area contributed by atoms with E-state index in [2.05, 4.69) is 6.07 Å². The summed E-state index contributed by atoms with van der Waals surface area (Å²) in [7, 11) is 3.85. The van der Waals surface area contributed by atoms with Crippen LogP contribution in [0.4, 0.5) is 0 Å². The van der Waals surface area contributed by atoms with Crippen LogP contribution in [0, 0.1) is 28.6 Å². The summed E-state index contributed by atoms with van der Waals surface area (Å²) in [6.45, 7) is 0.748. The molecule has 0 saturated carbocycles. The first-order chi connectivity index (χ1) is 5.20. The van der Waals surface area contributed by atoms with Crippen molar-refractivity contribution in [2.75, 3.05) is 20.6 Å². The fraction of sp³-hybridized carbons (Fsp3) is 0.750. The second-order valence-corrected chi connectivity index (χ2v) is 2.79. The van der Waals surface area contributed by atoms with Crippen molar-refractivity contribution >= 4 is 0 Å². The number of rotatable bonds is 4. The normalized spacial score (nSPS) is 12.1. The van der Waals surface area contributed by atoms with Gasteiger partial charge in [-0.3, -0.25) is 0 Å². The Kier molecular flexibility index (Phi) is 5.15. The van der Waals surface area contributed by atoms with E-state index >= 15 is 0 Å². The van der Waals surface area contributed by atoms with E-state index in [0.29, 0.717) is 12.8 Å². The number of hydrogen-bond acceptors (Lipinski definition) is 3. The van der Waals surface area contributed by atoms with Crippen LogP contribution in [-0.4, -0.2) is 25.5 Å². The molecule has 1 atom stereocenters. The molecule has 1 unspecified atom stereocenters. The fourth-order valence-electron chi connectivity index (χ4n) is 0.876. The van der Waals surface area contributed by atoms with E-state index < -0.39 is 0 Å². The molecule has 60 valence electrons. The highest BCUT2D eigenvalue weighted by molar-refractivity contribution is 4.86. The van der Waals surface area contributed by atoms with Gasteiger partial charge in [0.25, 0.3) is 0 Å². The number of hydrogen-bond donors (Lipinski definition) is 0. The summed E-state index contributed by atoms with van der Waals surface area (Å²) in [4.78, 5) is 1.96. The van der Waals surface area contributed by atoms with Gasteiger partial charge in [0.05, 0.1) is 18.1 Å². The van der Waals surface area contributed by atoms with Crippen LogP contribution in [0.25, 0.3) is 0 Å². The predicted molar refractivity (Wildman–Crippen MR) is 42.5 cm³/mol. The van der Waals surface area contributed by atoms with E-state index in [0.717, 1.165) is 6.54 Å². The summed E-state index contributed by atoms with van der Waals surface area (Å²) in [6, 6.07) is 4.21. The van der Waals surface area contributed by atoms with Crippen molar-refractivity contribution < 1.29 is 0 Å². The molecule has 3 nitrogen and oxygen atoms in total. The smallest absolute Gasteiger partial charge is 0.0669 e. The molecule has 11 heavy (non-hydrogen) atoms. The molecule has 0 fully saturated rings. The van der Waals surface area contributed by atoms with Crippen molar-refractivity contribution in [2.45, 2.75) is 12.8 Å². The van der Waals surface area contributed by atoms with Crippen LogP contribution in [-0.2, 0) is 0 Å². The summed E-state index contributed by atoms with van der Waals surface area (Å²) >= 11 is 0. The zero-order valence-electron chi connectivity index (χ0n) is 7.04. The number of nitriles is 2. The van der Waals surface area contributed by atoms with E-state index in [1.54, 1.807) is 0 Å². The summed E-state index contributed by atoms with van der Waals surface area (Å²) in [5.74, 6) is 0.00431. The van der Waals surface area contributed by atoms with Crippen LogP contribution >= 0.6 is 0 Å². The first kappa shape index (κ1) is 9.94. The molecular formula is C8H13N3. The fourth-order valence-corrected chi connectivity index (χ4v) is 0.876. The molecule has 0 radical (unpaired) electrons. The van der Waals surface area contributed by atoms with E-state index in [9.17, 15) is 0 Å². The van der Waals surface area contributed by atoms with Crippen molar-refractivity contribution in [1.29, 1.82) is 10.5 Å². The largest absolute Gasteiger partial charge is 0.308 e. The van der Waals surface area contributed by atoms with Crippen LogP contribution in [0.2, 0.25) is 0 Å². The lowest BCUT2D eigenvalue weighted by Gasteiger charge is -2.12. The highest BCUT2D eigenvalue weighted by Gasteiger charge is 2.07. The molecular weight excluding hydrogens is 138 g/mol. The lowest BCUT2D eigenvalue weighted by molar-refractivity contribution is 0.354. The minimum Gasteiger partial charge on any atom is -0.308 e. The molecule has 0 bridgehead atoms. The summed E-state index contributed by atoms with van der Waals surface area (Å²) < 4.78 is 0. The Morgan fingerprint density at radius 1 is 1.36 bits per heavy atom. The highest BCUT2D eigenvalue weighted by Crippen LogP contribution is 2.04. The highest BCUT2D eigenvalue weighted by atomic mass is 15.1. The molecule has 0 rings (SSSR count). The van der Waals surface area contributed by atoms with Gasteiger partial charge in [0.1, 0.15) is 0 Å². The standard InChI is InChI=1S/C8H13N3/c1-11(2)7-8(6-10)4-3-5-9/h8H,3-4,7H2,1-2H3. The molecule has 0 aliphatic carbocycles. The SMILES string of the molecule is CN(C)CC(C#N)CCC#N. The van der Waals surface area contributed by atoms with Gasteiger partial charge in [0.15, 0.2) is 0 Å². The molecule has 0 N–H and O–H groups in total. The second kappa shape index (κ2) is 5.70. The van der Waals surface area contributed by atoms with Crippen LogP contribution in [0.5, 0.6) is 0 Å². The molecule has 0 aliphatic heterocycles. The third-order valence-electron chi connectivity index (χ3n) is 1.37. The summed E-state index contributed by atoms with van der Waals surface area (Å²) in [6.07, 6.45) is 1.16. The topological polar surface area (TPSA) is 50.8 Å². The van der Waals surface area contributed by atoms with Gasteiger partial charge in [-0.2, -0.15) is 10.5 Å². The van der Waals surface area contributed by atoms with E-state index in [1.165, 1.54) is 0 Å². The van der Waals surface area contributed by atoms with Crippen LogP contribution in [0.3, 0.4) is 0 Å². The van der Waals surface area contributed by atoms with Gasteiger partial charge < -0.3 is 4.90 Å². The van der Waals surface area contributed by atoms with Crippen molar-refractivity contribution in [1.82, 2.24) is 4.90 Å². The lowest BCUT2D eigenvalue weighted by atomic mass is 10.1. The third-order valence-corrected chi connectivity index (χ3v) is 1.37. The minimum absolute atomic E-state index is 0.00431. The Balaban J connectivity index is 3.62. The van der Waals surface area contributed by atoms with Crippen LogP contribution < -0.4 is 0 Å². The van der Waals surface area contributed by atoms with Crippen molar-refractivity contribution in [2.24, 2.45) is 5.92 Å². The van der Waals surface area contributed by atoms with Gasteiger partial charge in [-0.15, -0.1) is 0 Å². The zero-order chi connectivity index (χ0) is 8.69. The third kappa shape index (κ3) is 5.39. The van der Waals surface area contributed by atoms with Gasteiger partial charge in [0, 0.05) is 13.0 Å². The van der Waals surface area contributed by atoms with E-state index in [-0.39, 0.29) is 5.92 Å². The monoisotopic (exact) mass is 151 g/mol. The van der Waals surface area contributed by atoms with E-state index in [1.807, 2.05) is 25.1 Å².